The highest BCUT2D eigenvalue weighted by Crippen LogP contribution is 2.43. The summed E-state index contributed by atoms with van der Waals surface area (Å²) in [5.74, 6) is 0.654. The first-order valence-electron chi connectivity index (χ1n) is 8.34. The molecule has 23 heavy (non-hydrogen) atoms. The summed E-state index contributed by atoms with van der Waals surface area (Å²) in [5, 5.41) is 4.17. The fourth-order valence-electron chi connectivity index (χ4n) is 4.49. The number of piperidine rings is 3. The summed E-state index contributed by atoms with van der Waals surface area (Å²) >= 11 is 1.65. The van der Waals surface area contributed by atoms with Crippen molar-refractivity contribution in [3.05, 3.63) is 24.3 Å². The molecule has 1 spiro atoms. The van der Waals surface area contributed by atoms with E-state index in [0.717, 1.165) is 28.1 Å². The molecule has 0 amide bonds. The van der Waals surface area contributed by atoms with Crippen molar-refractivity contribution in [2.45, 2.75) is 18.4 Å². The number of aliphatic imine (C=N–C) groups is 1. The van der Waals surface area contributed by atoms with Crippen molar-refractivity contribution in [2.24, 2.45) is 10.9 Å². The van der Waals surface area contributed by atoms with Crippen molar-refractivity contribution in [1.82, 2.24) is 4.98 Å². The second-order valence-electron chi connectivity index (χ2n) is 7.40. The molecule has 4 aliphatic rings. The molecule has 5 heterocycles. The molecular weight excluding hydrogens is 307 g/mol. The number of thiazole rings is 1. The van der Waals surface area contributed by atoms with Gasteiger partial charge in [0.2, 0.25) is 0 Å². The van der Waals surface area contributed by atoms with Gasteiger partial charge in [0.15, 0.2) is 10.7 Å². The molecule has 2 aromatic rings. The predicted octanol–water partition coefficient (Wildman–Crippen LogP) is 1.62. The van der Waals surface area contributed by atoms with E-state index in [1.54, 1.807) is 11.3 Å². The third kappa shape index (κ3) is 2.17. The van der Waals surface area contributed by atoms with E-state index in [0.29, 0.717) is 11.9 Å². The van der Waals surface area contributed by atoms with Crippen molar-refractivity contribution < 1.29 is 9.13 Å². The Morgan fingerprint density at radius 2 is 2.13 bits per heavy atom. The van der Waals surface area contributed by atoms with Crippen molar-refractivity contribution in [2.75, 3.05) is 31.5 Å². The van der Waals surface area contributed by atoms with Crippen LogP contribution in [0.15, 0.2) is 29.3 Å². The third-order valence-electron chi connectivity index (χ3n) is 5.73. The number of benzene rings is 1. The van der Waals surface area contributed by atoms with Crippen molar-refractivity contribution >= 4 is 40.7 Å². The number of rotatable bonds is 1. The molecule has 5 nitrogen and oxygen atoms in total. The first-order chi connectivity index (χ1) is 11.1. The predicted molar refractivity (Wildman–Crippen MR) is 95.5 cm³/mol. The largest absolute Gasteiger partial charge is 0.450 e. The smallest absolute Gasteiger partial charge is 0.373 e. The second kappa shape index (κ2) is 4.71. The van der Waals surface area contributed by atoms with E-state index in [1.165, 1.54) is 30.6 Å². The van der Waals surface area contributed by atoms with Crippen LogP contribution in [0.3, 0.4) is 0 Å². The minimum Gasteiger partial charge on any atom is -0.450 e. The van der Waals surface area contributed by atoms with E-state index in [1.807, 2.05) is 18.2 Å². The highest BCUT2D eigenvalue weighted by Gasteiger charge is 2.57. The molecule has 1 atom stereocenters. The summed E-state index contributed by atoms with van der Waals surface area (Å²) in [6.07, 6.45) is 2.53. The number of hydrogen-bond acceptors (Lipinski definition) is 5. The van der Waals surface area contributed by atoms with Gasteiger partial charge >= 0.3 is 7.98 Å². The van der Waals surface area contributed by atoms with Crippen LogP contribution in [-0.4, -0.2) is 55.2 Å². The van der Waals surface area contributed by atoms with Crippen molar-refractivity contribution in [3.63, 3.8) is 0 Å². The third-order valence-corrected chi connectivity index (χ3v) is 6.68. The summed E-state index contributed by atoms with van der Waals surface area (Å²) in [5.41, 5.74) is 0.943. The molecule has 0 saturated carbocycles. The van der Waals surface area contributed by atoms with E-state index >= 15 is 0 Å². The summed E-state index contributed by atoms with van der Waals surface area (Å²) in [7, 11) is 2.36. The average Bonchev–Trinajstić information content (AvgIpc) is 3.11. The average molecular weight is 327 g/mol. The molecule has 2 bridgehead atoms. The van der Waals surface area contributed by atoms with Crippen LogP contribution >= 0.6 is 11.3 Å². The highest BCUT2D eigenvalue weighted by atomic mass is 32.1. The van der Waals surface area contributed by atoms with Gasteiger partial charge in [-0.15, -0.1) is 0 Å². The molecule has 0 aliphatic carbocycles. The van der Waals surface area contributed by atoms with Gasteiger partial charge in [0, 0.05) is 18.8 Å². The minimum atomic E-state index is -0.0791. The zero-order valence-electron chi connectivity index (χ0n) is 13.3. The van der Waals surface area contributed by atoms with Gasteiger partial charge < -0.3 is 9.13 Å². The molecule has 6 rings (SSSR count). The van der Waals surface area contributed by atoms with Crippen LogP contribution in [0.25, 0.3) is 10.2 Å². The number of hydrogen-bond donors (Lipinski definition) is 1. The number of para-hydroxylation sites is 1. The quantitative estimate of drug-likeness (QED) is 0.810. The van der Waals surface area contributed by atoms with Gasteiger partial charge in [0.1, 0.15) is 6.54 Å². The van der Waals surface area contributed by atoms with E-state index in [-0.39, 0.29) is 5.60 Å². The van der Waals surface area contributed by atoms with Gasteiger partial charge in [0.25, 0.3) is 6.02 Å². The van der Waals surface area contributed by atoms with Gasteiger partial charge in [0.05, 0.1) is 29.9 Å². The molecule has 1 aromatic carbocycles. The van der Waals surface area contributed by atoms with Crippen molar-refractivity contribution in [1.29, 1.82) is 0 Å². The summed E-state index contributed by atoms with van der Waals surface area (Å²) in [6.45, 7) is 4.46. The maximum absolute atomic E-state index is 6.38. The van der Waals surface area contributed by atoms with E-state index < -0.39 is 0 Å². The normalized spacial score (nSPS) is 35.5. The van der Waals surface area contributed by atoms with Crippen LogP contribution < -0.4 is 5.32 Å². The first kappa shape index (κ1) is 13.8. The monoisotopic (exact) mass is 327 g/mol. The summed E-state index contributed by atoms with van der Waals surface area (Å²) in [6, 6.07) is 8.84. The number of aromatic nitrogens is 1. The Labute approximate surface area is 140 Å². The molecule has 1 aromatic heterocycles. The van der Waals surface area contributed by atoms with E-state index in [2.05, 4.69) is 29.3 Å². The van der Waals surface area contributed by atoms with Gasteiger partial charge in [-0.1, -0.05) is 23.5 Å². The molecule has 1 N–H and O–H groups in total. The van der Waals surface area contributed by atoms with Gasteiger partial charge in [-0.25, -0.2) is 9.98 Å². The Bertz CT molecular complexity index is 765. The topological polar surface area (TPSA) is 46.5 Å². The Balaban J connectivity index is 1.36. The maximum Gasteiger partial charge on any atom is 0.373 e. The molecule has 4 aliphatic heterocycles. The van der Waals surface area contributed by atoms with Crippen molar-refractivity contribution in [3.8, 4) is 0 Å². The number of fused-ring (bicyclic) bond motifs is 3. The van der Waals surface area contributed by atoms with Gasteiger partial charge in [-0.3, -0.25) is 5.32 Å². The zero-order chi connectivity index (χ0) is 15.5. The highest BCUT2D eigenvalue weighted by molar-refractivity contribution is 7.22. The van der Waals surface area contributed by atoms with Crippen LogP contribution in [0, 0.1) is 5.92 Å². The van der Waals surface area contributed by atoms with Crippen LogP contribution in [0.1, 0.15) is 12.8 Å². The lowest BCUT2D eigenvalue weighted by atomic mass is 9.72. The number of nitrogens with one attached hydrogen (secondary N) is 1. The second-order valence-corrected chi connectivity index (χ2v) is 8.43. The zero-order valence-corrected chi connectivity index (χ0v) is 14.1. The lowest BCUT2D eigenvalue weighted by molar-refractivity contribution is -0.845. The lowest BCUT2D eigenvalue weighted by Gasteiger charge is -2.55. The molecule has 7 heteroatoms. The van der Waals surface area contributed by atoms with E-state index in [4.69, 9.17) is 4.74 Å². The SMILES string of the molecule is B[N+]12CCC(CC1)C1(CN=C(Nc3nc4ccccc4s3)O1)C2. The molecule has 1 unspecified atom stereocenters. The fraction of sp³-hybridized carbons (Fsp3) is 0.500. The number of ether oxygens (including phenoxy) is 1. The summed E-state index contributed by atoms with van der Waals surface area (Å²) in [4.78, 5) is 9.28. The Morgan fingerprint density at radius 3 is 2.91 bits per heavy atom. The molecule has 0 radical (unpaired) electrons. The van der Waals surface area contributed by atoms with E-state index in [9.17, 15) is 0 Å². The fourth-order valence-corrected chi connectivity index (χ4v) is 5.35. The van der Waals surface area contributed by atoms with Crippen LogP contribution in [-0.2, 0) is 4.74 Å². The molecule has 3 saturated heterocycles. The number of quaternary nitrogens is 1. The number of nitrogens with zero attached hydrogens (tertiary/aromatic N) is 3. The summed E-state index contributed by atoms with van der Waals surface area (Å²) < 4.78 is 8.70. The molecular formula is C16H20BN4OS+. The van der Waals surface area contributed by atoms with Gasteiger partial charge in [-0.05, 0) is 12.1 Å². The van der Waals surface area contributed by atoms with Crippen LogP contribution in [0.5, 0.6) is 0 Å². The van der Waals surface area contributed by atoms with Gasteiger partial charge in [-0.2, -0.15) is 0 Å². The molecule has 3 fully saturated rings. The van der Waals surface area contributed by atoms with Crippen LogP contribution in [0.4, 0.5) is 5.13 Å². The molecule has 118 valence electrons. The Morgan fingerprint density at radius 1 is 1.30 bits per heavy atom. The van der Waals surface area contributed by atoms with Crippen LogP contribution in [0.2, 0.25) is 0 Å². The maximum atomic E-state index is 6.38. The standard InChI is InChI=1S/C16H20BN4OS/c17-21-7-5-11(6-8-21)16(10-21)9-18-14(22-16)20-15-19-12-3-1-2-4-13(12)23-15/h1-4,11H,5-10,17H2,(H,18,19,20)/q+1. The minimum absolute atomic E-state index is 0.0791. The first-order valence-corrected chi connectivity index (χ1v) is 9.16. The number of amidine groups is 1. The number of anilines is 1. The Hall–Kier alpha value is -1.60. The lowest BCUT2D eigenvalue weighted by Crippen LogP contribution is -2.69. The Kier molecular flexibility index (Phi) is 2.83.